The molecular formula is C11H13NO6S. The van der Waals surface area contributed by atoms with Crippen molar-refractivity contribution in [3.8, 4) is 0 Å². The molecule has 7 nitrogen and oxygen atoms in total. The zero-order valence-electron chi connectivity index (χ0n) is 10.3. The molecule has 104 valence electrons. The van der Waals surface area contributed by atoms with Gasteiger partial charge in [-0.15, -0.1) is 0 Å². The summed E-state index contributed by atoms with van der Waals surface area (Å²) in [6, 6.07) is 4.37. The molecule has 0 spiro atoms. The maximum absolute atomic E-state index is 12.1. The van der Waals surface area contributed by atoms with E-state index in [2.05, 4.69) is 0 Å². The van der Waals surface area contributed by atoms with Gasteiger partial charge in [-0.05, 0) is 19.1 Å². The van der Waals surface area contributed by atoms with Crippen LogP contribution in [-0.2, 0) is 14.6 Å². The molecule has 0 amide bonds. The second-order valence-corrected chi connectivity index (χ2v) is 6.43. The Labute approximate surface area is 109 Å². The second-order valence-electron chi connectivity index (χ2n) is 4.13. The zero-order chi connectivity index (χ0) is 14.8. The second kappa shape index (κ2) is 5.35. The molecule has 2 unspecified atom stereocenters. The van der Waals surface area contributed by atoms with Crippen molar-refractivity contribution >= 4 is 21.5 Å². The number of aliphatic carboxylic acids is 1. The smallest absolute Gasteiger partial charge is 0.307 e. The van der Waals surface area contributed by atoms with Crippen molar-refractivity contribution in [2.75, 3.05) is 0 Å². The molecule has 0 fully saturated rings. The highest BCUT2D eigenvalue weighted by molar-refractivity contribution is 7.92. The molecule has 0 aliphatic rings. The zero-order valence-corrected chi connectivity index (χ0v) is 11.1. The van der Waals surface area contributed by atoms with E-state index in [1.54, 1.807) is 0 Å². The number of carbonyl (C=O) groups is 1. The fourth-order valence-electron chi connectivity index (χ4n) is 1.44. The van der Waals surface area contributed by atoms with E-state index >= 15 is 0 Å². The molecule has 0 aliphatic carbocycles. The van der Waals surface area contributed by atoms with Gasteiger partial charge in [-0.25, -0.2) is 8.42 Å². The van der Waals surface area contributed by atoms with Crippen LogP contribution in [0.15, 0.2) is 29.2 Å². The van der Waals surface area contributed by atoms with Crippen LogP contribution >= 0.6 is 0 Å². The van der Waals surface area contributed by atoms with Gasteiger partial charge in [0.05, 0.1) is 21.0 Å². The van der Waals surface area contributed by atoms with Gasteiger partial charge in [0.1, 0.15) is 0 Å². The predicted molar refractivity (Wildman–Crippen MR) is 66.5 cm³/mol. The summed E-state index contributed by atoms with van der Waals surface area (Å²) in [5.41, 5.74) is -0.224. The molecule has 1 aromatic rings. The van der Waals surface area contributed by atoms with Crippen molar-refractivity contribution in [2.24, 2.45) is 5.92 Å². The first-order chi connectivity index (χ1) is 8.67. The van der Waals surface area contributed by atoms with Crippen LogP contribution in [0.2, 0.25) is 0 Å². The van der Waals surface area contributed by atoms with Crippen molar-refractivity contribution in [3.63, 3.8) is 0 Å². The van der Waals surface area contributed by atoms with Crippen LogP contribution in [0.1, 0.15) is 13.8 Å². The third kappa shape index (κ3) is 3.08. The molecule has 1 rings (SSSR count). The van der Waals surface area contributed by atoms with Crippen LogP contribution < -0.4 is 0 Å². The normalized spacial score (nSPS) is 14.6. The first-order valence-corrected chi connectivity index (χ1v) is 6.93. The molecular weight excluding hydrogens is 274 g/mol. The molecule has 1 N–H and O–H groups in total. The number of hydrogen-bond donors (Lipinski definition) is 1. The maximum atomic E-state index is 12.1. The molecule has 0 bridgehead atoms. The van der Waals surface area contributed by atoms with Crippen LogP contribution in [0.5, 0.6) is 0 Å². The molecule has 1 aromatic carbocycles. The molecule has 19 heavy (non-hydrogen) atoms. The molecule has 0 heterocycles. The minimum Gasteiger partial charge on any atom is -0.481 e. The van der Waals surface area contributed by atoms with Gasteiger partial charge in [-0.3, -0.25) is 14.9 Å². The first kappa shape index (κ1) is 15.1. The number of nitrogens with zero attached hydrogens (tertiary/aromatic N) is 1. The molecule has 8 heteroatoms. The Morgan fingerprint density at radius 1 is 1.26 bits per heavy atom. The number of carboxylic acids is 1. The molecule has 0 radical (unpaired) electrons. The predicted octanol–water partition coefficient (Wildman–Crippen LogP) is 1.48. The van der Waals surface area contributed by atoms with Crippen LogP contribution in [0.25, 0.3) is 0 Å². The monoisotopic (exact) mass is 287 g/mol. The van der Waals surface area contributed by atoms with Crippen molar-refractivity contribution in [1.82, 2.24) is 0 Å². The molecule has 0 saturated carbocycles. The number of benzene rings is 1. The Balaban J connectivity index is 3.13. The van der Waals surface area contributed by atoms with E-state index in [1.165, 1.54) is 13.8 Å². The number of hydrogen-bond acceptors (Lipinski definition) is 5. The van der Waals surface area contributed by atoms with E-state index in [-0.39, 0.29) is 10.6 Å². The maximum Gasteiger partial charge on any atom is 0.307 e. The Hall–Kier alpha value is -1.96. The van der Waals surface area contributed by atoms with Gasteiger partial charge in [0, 0.05) is 12.1 Å². The van der Waals surface area contributed by atoms with E-state index in [0.717, 1.165) is 24.3 Å². The number of carboxylic acid groups (broad SMARTS) is 1. The Bertz CT molecular complexity index is 592. The lowest BCUT2D eigenvalue weighted by molar-refractivity contribution is -0.384. The van der Waals surface area contributed by atoms with Crippen molar-refractivity contribution in [2.45, 2.75) is 24.0 Å². The summed E-state index contributed by atoms with van der Waals surface area (Å²) in [6.45, 7) is 2.60. The first-order valence-electron chi connectivity index (χ1n) is 5.39. The van der Waals surface area contributed by atoms with Gasteiger partial charge < -0.3 is 5.11 Å². The van der Waals surface area contributed by atoms with Crippen LogP contribution in [0, 0.1) is 16.0 Å². The van der Waals surface area contributed by atoms with Crippen LogP contribution in [0.3, 0.4) is 0 Å². The van der Waals surface area contributed by atoms with Gasteiger partial charge in [0.2, 0.25) is 0 Å². The Kier molecular flexibility index (Phi) is 4.25. The molecule has 0 aliphatic heterocycles. The third-order valence-corrected chi connectivity index (χ3v) is 5.28. The number of rotatable bonds is 5. The minimum absolute atomic E-state index is 0.126. The van der Waals surface area contributed by atoms with E-state index in [4.69, 9.17) is 5.11 Å². The average Bonchev–Trinajstić information content (AvgIpc) is 2.36. The summed E-state index contributed by atoms with van der Waals surface area (Å²) in [5.74, 6) is -2.28. The lowest BCUT2D eigenvalue weighted by Gasteiger charge is -2.16. The molecule has 0 saturated heterocycles. The van der Waals surface area contributed by atoms with E-state index in [9.17, 15) is 23.3 Å². The minimum atomic E-state index is -3.83. The van der Waals surface area contributed by atoms with Gasteiger partial charge in [-0.2, -0.15) is 0 Å². The number of nitro groups is 1. The SMILES string of the molecule is CC(C(=O)O)C(C)S(=O)(=O)c1ccc([N+](=O)[O-])cc1. The van der Waals surface area contributed by atoms with Crippen molar-refractivity contribution in [3.05, 3.63) is 34.4 Å². The largest absolute Gasteiger partial charge is 0.481 e. The fraction of sp³-hybridized carbons (Fsp3) is 0.364. The van der Waals surface area contributed by atoms with Gasteiger partial charge in [0.15, 0.2) is 9.84 Å². The summed E-state index contributed by atoms with van der Waals surface area (Å²) in [4.78, 5) is 20.5. The Morgan fingerprint density at radius 3 is 2.11 bits per heavy atom. The highest BCUT2D eigenvalue weighted by Gasteiger charge is 2.32. The standard InChI is InChI=1S/C11H13NO6S/c1-7(11(13)14)8(2)19(17,18)10-5-3-9(4-6-10)12(15)16/h3-8H,1-2H3,(H,13,14). The summed E-state index contributed by atoms with van der Waals surface area (Å²) in [7, 11) is -3.83. The summed E-state index contributed by atoms with van der Waals surface area (Å²) < 4.78 is 24.3. The van der Waals surface area contributed by atoms with Crippen molar-refractivity contribution < 1.29 is 23.2 Å². The third-order valence-electron chi connectivity index (χ3n) is 2.96. The highest BCUT2D eigenvalue weighted by atomic mass is 32.2. The number of nitro benzene ring substituents is 1. The molecule has 2 atom stereocenters. The van der Waals surface area contributed by atoms with E-state index < -0.39 is 31.9 Å². The summed E-state index contributed by atoms with van der Waals surface area (Å²) >= 11 is 0. The van der Waals surface area contributed by atoms with Crippen molar-refractivity contribution in [1.29, 1.82) is 0 Å². The van der Waals surface area contributed by atoms with Gasteiger partial charge in [0.25, 0.3) is 5.69 Å². The van der Waals surface area contributed by atoms with Crippen LogP contribution in [0.4, 0.5) is 5.69 Å². The lowest BCUT2D eigenvalue weighted by Crippen LogP contribution is -2.30. The van der Waals surface area contributed by atoms with Gasteiger partial charge in [-0.1, -0.05) is 6.92 Å². The number of non-ortho nitro benzene ring substituents is 1. The average molecular weight is 287 g/mol. The highest BCUT2D eigenvalue weighted by Crippen LogP contribution is 2.23. The summed E-state index contributed by atoms with van der Waals surface area (Å²) in [6.07, 6.45) is 0. The summed E-state index contributed by atoms with van der Waals surface area (Å²) in [5, 5.41) is 18.2. The van der Waals surface area contributed by atoms with E-state index in [0.29, 0.717) is 0 Å². The fourth-order valence-corrected chi connectivity index (χ4v) is 3.04. The lowest BCUT2D eigenvalue weighted by atomic mass is 10.1. The number of sulfone groups is 1. The van der Waals surface area contributed by atoms with E-state index in [1.807, 2.05) is 0 Å². The Morgan fingerprint density at radius 2 is 1.74 bits per heavy atom. The van der Waals surface area contributed by atoms with Gasteiger partial charge >= 0.3 is 5.97 Å². The van der Waals surface area contributed by atoms with Crippen LogP contribution in [-0.4, -0.2) is 29.7 Å². The molecule has 0 aromatic heterocycles. The quantitative estimate of drug-likeness (QED) is 0.648. The topological polar surface area (TPSA) is 115 Å².